The van der Waals surface area contributed by atoms with Crippen molar-refractivity contribution in [3.63, 3.8) is 0 Å². The van der Waals surface area contributed by atoms with Crippen molar-refractivity contribution in [1.29, 1.82) is 0 Å². The van der Waals surface area contributed by atoms with Gasteiger partial charge in [-0.3, -0.25) is 23.0 Å². The number of fused-ring (bicyclic) bond motifs is 11. The number of rotatable bonds is 0. The van der Waals surface area contributed by atoms with Crippen LogP contribution in [0, 0.1) is 0 Å². The number of ether oxygens (including phenoxy) is 4. The first-order valence-corrected chi connectivity index (χ1v) is 13.1. The Morgan fingerprint density at radius 3 is 2.59 bits per heavy atom. The Balaban J connectivity index is 1.53. The highest BCUT2D eigenvalue weighted by Crippen LogP contribution is 2.60. The summed E-state index contributed by atoms with van der Waals surface area (Å²) in [4.78, 5) is 40.9. The minimum absolute atomic E-state index is 0.0506. The second-order valence-electron chi connectivity index (χ2n) is 8.16. The lowest BCUT2D eigenvalue weighted by Crippen LogP contribution is -2.32. The van der Waals surface area contributed by atoms with Crippen LogP contribution >= 0.6 is 15.6 Å². The summed E-state index contributed by atoms with van der Waals surface area (Å²) in [6.07, 6.45) is -0.682. The van der Waals surface area contributed by atoms with Crippen LogP contribution in [0.5, 0.6) is 0 Å². The van der Waals surface area contributed by atoms with Gasteiger partial charge in [0.05, 0.1) is 26.1 Å². The highest BCUT2D eigenvalue weighted by molar-refractivity contribution is 7.61. The Morgan fingerprint density at radius 2 is 1.79 bits per heavy atom. The third kappa shape index (κ3) is 4.64. The maximum Gasteiger partial charge on any atom is 0.481 e. The molecule has 6 heterocycles. The van der Waals surface area contributed by atoms with Crippen LogP contribution in [-0.2, 0) is 48.2 Å². The molecule has 6 atom stereocenters. The zero-order valence-corrected chi connectivity index (χ0v) is 19.7. The molecular weight excluding hydrogens is 502 g/mol. The zero-order valence-electron chi connectivity index (χ0n) is 18.0. The van der Waals surface area contributed by atoms with Gasteiger partial charge in [-0.05, 0) is 13.8 Å². The topological polar surface area (TPSA) is 192 Å². The number of phosphoric acid groups is 2. The molecule has 0 saturated carbocycles. The fraction of sp³-hybridized carbons (Fsp3) is 0.688. The Labute approximate surface area is 191 Å². The summed E-state index contributed by atoms with van der Waals surface area (Å²) >= 11 is 0. The minimum atomic E-state index is -5.03. The fourth-order valence-electron chi connectivity index (χ4n) is 3.96. The molecular formula is C16H22N4O12P2. The van der Waals surface area contributed by atoms with Crippen LogP contribution in [0.2, 0.25) is 0 Å². The molecule has 0 radical (unpaired) electrons. The molecule has 0 amide bonds. The van der Waals surface area contributed by atoms with Gasteiger partial charge in [0.2, 0.25) is 0 Å². The Hall–Kier alpha value is -1.55. The van der Waals surface area contributed by atoms with Gasteiger partial charge in [-0.15, -0.1) is 0 Å². The van der Waals surface area contributed by atoms with E-state index in [1.165, 1.54) is 17.2 Å². The standard InChI is InChI=1S/C16H22N4O12P2/c1-16(2)30-11-9-5-28-34(24,25)32-33(22,23)27-4-3-26-8-19-6-18-13-10(14(19)21)17-7-20(13)15(29-9)12(11)31-16/h6-7,9,11-12,15H,3-5,8H2,1-2H3,(H,22,23)(H,24,25)/t9-,11-,12-,15-/m1/s1. The van der Waals surface area contributed by atoms with Gasteiger partial charge < -0.3 is 28.7 Å². The average molecular weight is 524 g/mol. The molecule has 2 fully saturated rings. The molecule has 0 spiro atoms. The third-order valence-corrected chi connectivity index (χ3v) is 7.91. The maximum atomic E-state index is 12.8. The smallest absolute Gasteiger partial charge is 0.358 e. The first kappa shape index (κ1) is 24.2. The van der Waals surface area contributed by atoms with Gasteiger partial charge in [0.1, 0.15) is 31.4 Å². The van der Waals surface area contributed by atoms with E-state index in [-0.39, 0.29) is 24.5 Å². The predicted octanol–water partition coefficient (Wildman–Crippen LogP) is 0.249. The molecule has 188 valence electrons. The van der Waals surface area contributed by atoms with Gasteiger partial charge in [0.25, 0.3) is 5.56 Å². The Bertz CT molecular complexity index is 1250. The number of imidazole rings is 1. The monoisotopic (exact) mass is 524 g/mol. The van der Waals surface area contributed by atoms with Crippen molar-refractivity contribution in [3.8, 4) is 0 Å². The van der Waals surface area contributed by atoms with Crippen molar-refractivity contribution in [3.05, 3.63) is 23.0 Å². The van der Waals surface area contributed by atoms with Crippen molar-refractivity contribution in [2.45, 2.75) is 50.9 Å². The highest BCUT2D eigenvalue weighted by Gasteiger charge is 2.56. The van der Waals surface area contributed by atoms with E-state index in [9.17, 15) is 23.7 Å². The summed E-state index contributed by atoms with van der Waals surface area (Å²) in [5.41, 5.74) is -0.210. The van der Waals surface area contributed by atoms with E-state index in [4.69, 9.17) is 23.5 Å². The van der Waals surface area contributed by atoms with Crippen molar-refractivity contribution in [2.24, 2.45) is 0 Å². The molecule has 2 saturated heterocycles. The van der Waals surface area contributed by atoms with Crippen molar-refractivity contribution < 1.29 is 51.2 Å². The van der Waals surface area contributed by atoms with Gasteiger partial charge in [0.15, 0.2) is 23.2 Å². The number of hydrogen-bond acceptors (Lipinski definition) is 12. The second-order valence-corrected chi connectivity index (χ2v) is 11.2. The van der Waals surface area contributed by atoms with Crippen LogP contribution in [0.4, 0.5) is 0 Å². The van der Waals surface area contributed by atoms with Crippen molar-refractivity contribution in [2.75, 3.05) is 19.8 Å². The molecule has 2 unspecified atom stereocenters. The lowest BCUT2D eigenvalue weighted by atomic mass is 10.1. The summed E-state index contributed by atoms with van der Waals surface area (Å²) < 4.78 is 63.9. The first-order valence-electron chi connectivity index (χ1n) is 10.1. The van der Waals surface area contributed by atoms with Gasteiger partial charge >= 0.3 is 15.6 Å². The zero-order chi connectivity index (χ0) is 24.3. The van der Waals surface area contributed by atoms with E-state index in [0.717, 1.165) is 4.57 Å². The number of phosphoric ester groups is 2. The van der Waals surface area contributed by atoms with Crippen LogP contribution in [-0.4, -0.2) is 72.8 Å². The molecule has 16 nitrogen and oxygen atoms in total. The SMILES string of the molecule is CC1(C)O[C@@H]2[C@H](O1)[C@H]1COP(=O)(O)OP(=O)(O)OCCOCn3cnc4c(ncn4[C@@H]2O1)c3=O. The number of aromatic nitrogens is 4. The minimum Gasteiger partial charge on any atom is -0.358 e. The van der Waals surface area contributed by atoms with Crippen LogP contribution in [0.15, 0.2) is 17.4 Å². The third-order valence-electron chi connectivity index (χ3n) is 5.27. The average Bonchev–Trinajstić information content (AvgIpc) is 3.37. The summed E-state index contributed by atoms with van der Waals surface area (Å²) in [6, 6.07) is 0. The summed E-state index contributed by atoms with van der Waals surface area (Å²) in [5.74, 6) is -1.02. The molecule has 0 aliphatic carbocycles. The van der Waals surface area contributed by atoms with Crippen LogP contribution < -0.4 is 5.56 Å². The molecule has 2 aromatic heterocycles. The van der Waals surface area contributed by atoms with Gasteiger partial charge in [0, 0.05) is 0 Å². The molecule has 2 N–H and O–H groups in total. The van der Waals surface area contributed by atoms with E-state index in [1.54, 1.807) is 13.8 Å². The van der Waals surface area contributed by atoms with Crippen LogP contribution in [0.3, 0.4) is 0 Å². The van der Waals surface area contributed by atoms with E-state index in [0.29, 0.717) is 0 Å². The summed E-state index contributed by atoms with van der Waals surface area (Å²) in [5, 5.41) is 0. The molecule has 6 rings (SSSR count). The van der Waals surface area contributed by atoms with Crippen LogP contribution in [0.25, 0.3) is 11.2 Å². The van der Waals surface area contributed by atoms with Crippen molar-refractivity contribution >= 4 is 26.8 Å². The molecule has 34 heavy (non-hydrogen) atoms. The van der Waals surface area contributed by atoms with Gasteiger partial charge in [-0.2, -0.15) is 4.31 Å². The predicted molar refractivity (Wildman–Crippen MR) is 108 cm³/mol. The van der Waals surface area contributed by atoms with E-state index >= 15 is 0 Å². The largest absolute Gasteiger partial charge is 0.481 e. The van der Waals surface area contributed by atoms with E-state index in [2.05, 4.69) is 18.8 Å². The Kier molecular flexibility index (Phi) is 6.06. The molecule has 2 aromatic rings. The number of nitrogens with zero attached hydrogens (tertiary/aromatic N) is 4. The highest BCUT2D eigenvalue weighted by atomic mass is 31.3. The van der Waals surface area contributed by atoms with Gasteiger partial charge in [-0.1, -0.05) is 0 Å². The van der Waals surface area contributed by atoms with Crippen molar-refractivity contribution in [1.82, 2.24) is 19.1 Å². The fourth-order valence-corrected chi connectivity index (χ4v) is 6.02. The number of hydrogen-bond donors (Lipinski definition) is 2. The summed E-state index contributed by atoms with van der Waals surface area (Å²) in [6.45, 7) is 1.83. The molecule has 0 aromatic carbocycles. The lowest BCUT2D eigenvalue weighted by Gasteiger charge is -2.25. The van der Waals surface area contributed by atoms with Crippen LogP contribution in [0.1, 0.15) is 20.1 Å². The molecule has 4 aliphatic rings. The Morgan fingerprint density at radius 1 is 1.06 bits per heavy atom. The summed E-state index contributed by atoms with van der Waals surface area (Å²) in [7, 11) is -10.0. The molecule has 18 heteroatoms. The second kappa shape index (κ2) is 8.54. The lowest BCUT2D eigenvalue weighted by molar-refractivity contribution is -0.199. The molecule has 4 aliphatic heterocycles. The van der Waals surface area contributed by atoms with E-state index < -0.39 is 64.7 Å². The normalized spacial score (nSPS) is 38.7. The molecule has 6 bridgehead atoms. The van der Waals surface area contributed by atoms with E-state index in [1.807, 2.05) is 0 Å². The first-order chi connectivity index (χ1) is 15.9. The quantitative estimate of drug-likeness (QED) is 0.446. The van der Waals surface area contributed by atoms with Gasteiger partial charge in [-0.25, -0.2) is 19.1 Å². The maximum absolute atomic E-state index is 12.8.